The summed E-state index contributed by atoms with van der Waals surface area (Å²) >= 11 is 0. The van der Waals surface area contributed by atoms with E-state index in [1.165, 1.54) is 65.7 Å². The summed E-state index contributed by atoms with van der Waals surface area (Å²) in [5.74, 6) is 0. The molecule has 0 aliphatic heterocycles. The molecule has 1 aromatic heterocycles. The second-order valence-electron chi connectivity index (χ2n) is 12.4. The van der Waals surface area contributed by atoms with E-state index in [1.807, 2.05) is 0 Å². The molecule has 218 valence electrons. The minimum Gasteiger partial charge on any atom is -0.455 e. The van der Waals surface area contributed by atoms with Crippen LogP contribution in [0.2, 0.25) is 0 Å². The maximum atomic E-state index is 6.63. The van der Waals surface area contributed by atoms with Crippen molar-refractivity contribution < 1.29 is 4.42 Å². The van der Waals surface area contributed by atoms with Gasteiger partial charge in [0.2, 0.25) is 0 Å². The lowest BCUT2D eigenvalue weighted by Crippen LogP contribution is -1.90. The molecule has 0 N–H and O–H groups in total. The topological polar surface area (TPSA) is 13.1 Å². The highest BCUT2D eigenvalue weighted by molar-refractivity contribution is 6.29. The lowest BCUT2D eigenvalue weighted by atomic mass is 9.86. The Labute approximate surface area is 272 Å². The first kappa shape index (κ1) is 26.1. The first-order chi connectivity index (χ1) is 23.3. The standard InChI is InChI=1S/C46H28O/c1-3-10-29(11-4-1)33-14-9-15-34(28-33)35-22-18-31-21-25-39-37(23-19-32-20-24-38(35)43(31)44(32)39)40-27-26-36(30-12-5-2-6-13-30)46-45(40)41-16-7-8-17-42(41)47-46/h1-28H. The van der Waals surface area contributed by atoms with Crippen molar-refractivity contribution in [3.05, 3.63) is 170 Å². The van der Waals surface area contributed by atoms with Crippen LogP contribution in [0.3, 0.4) is 0 Å². The van der Waals surface area contributed by atoms with Crippen molar-refractivity contribution in [3.63, 3.8) is 0 Å². The Kier molecular flexibility index (Phi) is 5.64. The van der Waals surface area contributed by atoms with Crippen LogP contribution < -0.4 is 0 Å². The van der Waals surface area contributed by atoms with Gasteiger partial charge in [0.25, 0.3) is 0 Å². The van der Waals surface area contributed by atoms with Crippen LogP contribution in [0.15, 0.2) is 174 Å². The molecule has 0 atom stereocenters. The van der Waals surface area contributed by atoms with E-state index in [0.29, 0.717) is 0 Å². The van der Waals surface area contributed by atoms with Crippen LogP contribution in [-0.2, 0) is 0 Å². The monoisotopic (exact) mass is 596 g/mol. The fourth-order valence-electron chi connectivity index (χ4n) is 7.68. The maximum absolute atomic E-state index is 6.63. The zero-order chi connectivity index (χ0) is 30.9. The normalized spacial score (nSPS) is 11.8. The van der Waals surface area contributed by atoms with Crippen LogP contribution in [0.5, 0.6) is 0 Å². The van der Waals surface area contributed by atoms with Gasteiger partial charge in [-0.3, -0.25) is 0 Å². The van der Waals surface area contributed by atoms with Gasteiger partial charge in [0, 0.05) is 16.3 Å². The molecule has 10 aromatic rings. The zero-order valence-electron chi connectivity index (χ0n) is 25.6. The minimum absolute atomic E-state index is 0.909. The third kappa shape index (κ3) is 3.97. The lowest BCUT2D eigenvalue weighted by molar-refractivity contribution is 0.670. The van der Waals surface area contributed by atoms with Crippen LogP contribution in [0.25, 0.3) is 98.8 Å². The molecule has 1 heterocycles. The van der Waals surface area contributed by atoms with Crippen molar-refractivity contribution in [3.8, 4) is 44.5 Å². The van der Waals surface area contributed by atoms with Crippen LogP contribution in [-0.4, -0.2) is 0 Å². The Morgan fingerprint density at radius 2 is 0.851 bits per heavy atom. The molecular formula is C46H28O. The highest BCUT2D eigenvalue weighted by atomic mass is 16.3. The molecule has 47 heavy (non-hydrogen) atoms. The van der Waals surface area contributed by atoms with Crippen molar-refractivity contribution in [2.24, 2.45) is 0 Å². The fourth-order valence-corrected chi connectivity index (χ4v) is 7.68. The summed E-state index contributed by atoms with van der Waals surface area (Å²) in [7, 11) is 0. The Bertz CT molecular complexity index is 2770. The first-order valence-electron chi connectivity index (χ1n) is 16.2. The molecule has 0 aliphatic rings. The van der Waals surface area contributed by atoms with Crippen molar-refractivity contribution in [1.29, 1.82) is 0 Å². The molecule has 0 aliphatic carbocycles. The summed E-state index contributed by atoms with van der Waals surface area (Å²) in [5, 5.41) is 9.99. The number of benzene rings is 9. The van der Waals surface area contributed by atoms with Gasteiger partial charge in [-0.15, -0.1) is 0 Å². The van der Waals surface area contributed by atoms with Gasteiger partial charge in [-0.25, -0.2) is 0 Å². The molecule has 0 unspecified atom stereocenters. The third-order valence-electron chi connectivity index (χ3n) is 9.85. The van der Waals surface area contributed by atoms with Crippen molar-refractivity contribution >= 4 is 54.3 Å². The summed E-state index contributed by atoms with van der Waals surface area (Å²) in [6, 6.07) is 61.4. The van der Waals surface area contributed by atoms with Crippen molar-refractivity contribution in [2.75, 3.05) is 0 Å². The molecule has 9 aromatic carbocycles. The smallest absolute Gasteiger partial charge is 0.143 e. The van der Waals surface area contributed by atoms with Gasteiger partial charge in [0.15, 0.2) is 0 Å². The van der Waals surface area contributed by atoms with Crippen LogP contribution >= 0.6 is 0 Å². The van der Waals surface area contributed by atoms with E-state index in [4.69, 9.17) is 4.42 Å². The Balaban J connectivity index is 1.24. The van der Waals surface area contributed by atoms with Gasteiger partial charge in [-0.1, -0.05) is 152 Å². The number of para-hydroxylation sites is 1. The van der Waals surface area contributed by atoms with E-state index in [-0.39, 0.29) is 0 Å². The molecule has 0 fully saturated rings. The van der Waals surface area contributed by atoms with E-state index in [1.54, 1.807) is 0 Å². The highest BCUT2D eigenvalue weighted by Gasteiger charge is 2.20. The molecule has 1 nitrogen and oxygen atoms in total. The average Bonchev–Trinajstić information content (AvgIpc) is 3.54. The largest absolute Gasteiger partial charge is 0.455 e. The van der Waals surface area contributed by atoms with Crippen molar-refractivity contribution in [1.82, 2.24) is 0 Å². The maximum Gasteiger partial charge on any atom is 0.143 e. The van der Waals surface area contributed by atoms with Gasteiger partial charge in [-0.2, -0.15) is 0 Å². The second-order valence-corrected chi connectivity index (χ2v) is 12.4. The van der Waals surface area contributed by atoms with Crippen LogP contribution in [0, 0.1) is 0 Å². The summed E-state index contributed by atoms with van der Waals surface area (Å²) in [6.45, 7) is 0. The molecule has 0 bridgehead atoms. The lowest BCUT2D eigenvalue weighted by Gasteiger charge is -2.17. The molecule has 0 radical (unpaired) electrons. The molecule has 0 saturated heterocycles. The third-order valence-corrected chi connectivity index (χ3v) is 9.85. The summed E-state index contributed by atoms with van der Waals surface area (Å²) in [6.07, 6.45) is 0. The zero-order valence-corrected chi connectivity index (χ0v) is 25.6. The van der Waals surface area contributed by atoms with E-state index >= 15 is 0 Å². The van der Waals surface area contributed by atoms with Gasteiger partial charge < -0.3 is 4.42 Å². The number of fused-ring (bicyclic) bond motifs is 3. The van der Waals surface area contributed by atoms with Crippen molar-refractivity contribution in [2.45, 2.75) is 0 Å². The molecule has 0 spiro atoms. The van der Waals surface area contributed by atoms with E-state index < -0.39 is 0 Å². The molecule has 0 saturated carbocycles. The molecule has 0 amide bonds. The molecular weight excluding hydrogens is 569 g/mol. The van der Waals surface area contributed by atoms with E-state index in [0.717, 1.165) is 33.1 Å². The summed E-state index contributed by atoms with van der Waals surface area (Å²) in [5.41, 5.74) is 11.5. The highest BCUT2D eigenvalue weighted by Crippen LogP contribution is 2.46. The number of hydrogen-bond acceptors (Lipinski definition) is 1. The summed E-state index contributed by atoms with van der Waals surface area (Å²) in [4.78, 5) is 0. The van der Waals surface area contributed by atoms with Gasteiger partial charge in [-0.05, 0) is 89.5 Å². The number of rotatable bonds is 4. The van der Waals surface area contributed by atoms with Gasteiger partial charge in [0.05, 0.1) is 0 Å². The Morgan fingerprint density at radius 1 is 0.298 bits per heavy atom. The Morgan fingerprint density at radius 3 is 1.62 bits per heavy atom. The summed E-state index contributed by atoms with van der Waals surface area (Å²) < 4.78 is 6.63. The quantitative estimate of drug-likeness (QED) is 0.184. The number of furan rings is 1. The molecule has 1 heteroatoms. The Hall–Kier alpha value is -6.18. The van der Waals surface area contributed by atoms with Gasteiger partial charge in [0.1, 0.15) is 11.2 Å². The van der Waals surface area contributed by atoms with E-state index in [9.17, 15) is 0 Å². The number of hydrogen-bond donors (Lipinski definition) is 0. The SMILES string of the molecule is c1ccc(-c2cccc(-c3ccc4ccc5c(-c6ccc(-c7ccccc7)c7oc8ccccc8c67)ccc6ccc3c4c65)c2)cc1. The average molecular weight is 597 g/mol. The predicted octanol–water partition coefficient (Wildman–Crippen LogP) is 13.2. The molecule has 10 rings (SSSR count). The van der Waals surface area contributed by atoms with Crippen LogP contribution in [0.4, 0.5) is 0 Å². The van der Waals surface area contributed by atoms with Crippen LogP contribution in [0.1, 0.15) is 0 Å². The van der Waals surface area contributed by atoms with Gasteiger partial charge >= 0.3 is 0 Å². The first-order valence-corrected chi connectivity index (χ1v) is 16.2. The predicted molar refractivity (Wildman–Crippen MR) is 199 cm³/mol. The minimum atomic E-state index is 0.909. The second kappa shape index (κ2) is 10.2. The van der Waals surface area contributed by atoms with E-state index in [2.05, 4.69) is 170 Å². The fraction of sp³-hybridized carbons (Fsp3) is 0.